The largest absolute Gasteiger partial charge is 0.504 e. The fraction of sp³-hybridized carbons (Fsp3) is 0.265. The van der Waals surface area contributed by atoms with Crippen molar-refractivity contribution in [2.75, 3.05) is 59.3 Å². The molecule has 0 unspecified atom stereocenters. The summed E-state index contributed by atoms with van der Waals surface area (Å²) >= 11 is 0. The van der Waals surface area contributed by atoms with Crippen LogP contribution in [0, 0.1) is 0 Å². The minimum Gasteiger partial charge on any atom is -0.504 e. The minimum atomic E-state index is -0.219. The van der Waals surface area contributed by atoms with Crippen molar-refractivity contribution < 1.29 is 19.4 Å². The molecule has 3 aromatic carbocycles. The van der Waals surface area contributed by atoms with Crippen LogP contribution in [0.4, 0.5) is 5.69 Å². The van der Waals surface area contributed by atoms with Crippen molar-refractivity contribution in [3.8, 4) is 39.9 Å². The summed E-state index contributed by atoms with van der Waals surface area (Å²) < 4.78 is 10.9. The molecule has 10 nitrogen and oxygen atoms in total. The lowest BCUT2D eigenvalue weighted by Gasteiger charge is -2.32. The summed E-state index contributed by atoms with van der Waals surface area (Å²) in [5.41, 5.74) is 5.72. The number of phenolic OH excluding ortho intramolecular Hbond substituents is 1. The zero-order chi connectivity index (χ0) is 30.6. The van der Waals surface area contributed by atoms with Gasteiger partial charge in [0.2, 0.25) is 5.88 Å². The van der Waals surface area contributed by atoms with E-state index in [9.17, 15) is 9.90 Å². The monoisotopic (exact) mass is 592 g/mol. The molecular weight excluding hydrogens is 556 g/mol. The van der Waals surface area contributed by atoms with E-state index in [0.717, 1.165) is 56.0 Å². The summed E-state index contributed by atoms with van der Waals surface area (Å²) in [4.78, 5) is 30.2. The number of phenols is 1. The summed E-state index contributed by atoms with van der Waals surface area (Å²) in [6.45, 7) is 5.48. The van der Waals surface area contributed by atoms with E-state index in [1.54, 1.807) is 43.6 Å². The van der Waals surface area contributed by atoms with Gasteiger partial charge in [-0.1, -0.05) is 12.1 Å². The average molecular weight is 593 g/mol. The van der Waals surface area contributed by atoms with Crippen LogP contribution in [0.25, 0.3) is 33.5 Å². The lowest BCUT2D eigenvalue weighted by Crippen LogP contribution is -2.45. The van der Waals surface area contributed by atoms with E-state index in [1.807, 2.05) is 24.3 Å². The highest BCUT2D eigenvalue weighted by molar-refractivity contribution is 6.06. The maximum Gasteiger partial charge on any atom is 0.255 e. The van der Waals surface area contributed by atoms with Crippen LogP contribution in [-0.2, 0) is 6.42 Å². The molecule has 0 atom stereocenters. The van der Waals surface area contributed by atoms with Gasteiger partial charge in [0.1, 0.15) is 5.82 Å². The number of ether oxygens (including phenoxy) is 2. The highest BCUT2D eigenvalue weighted by Crippen LogP contribution is 2.42. The Morgan fingerprint density at radius 2 is 1.77 bits per heavy atom. The number of aromatic hydroxyl groups is 1. The molecule has 3 N–H and O–H groups in total. The van der Waals surface area contributed by atoms with Crippen molar-refractivity contribution in [3.63, 3.8) is 0 Å². The molecule has 1 aliphatic rings. The number of H-pyrrole nitrogens is 1. The van der Waals surface area contributed by atoms with Crippen LogP contribution in [0.1, 0.15) is 15.9 Å². The number of likely N-dealkylation sites (N-methyl/N-ethyl adjacent to an activating group) is 1. The SMILES string of the molecule is COc1cc(-c2cccnc2OC)cc(-c2nc3ccc(C(=O)Nc4ccc(CCN5CCN(C)CC5)cc4)cc3[nH]2)c1O. The number of pyridine rings is 1. The molecule has 1 amide bonds. The molecule has 1 saturated heterocycles. The van der Waals surface area contributed by atoms with Gasteiger partial charge in [-0.05, 0) is 79.2 Å². The van der Waals surface area contributed by atoms with E-state index in [-0.39, 0.29) is 17.4 Å². The zero-order valence-corrected chi connectivity index (χ0v) is 25.1. The quantitative estimate of drug-likeness (QED) is 0.218. The molecule has 1 fully saturated rings. The van der Waals surface area contributed by atoms with Crippen molar-refractivity contribution in [2.45, 2.75) is 6.42 Å². The number of fused-ring (bicyclic) bond motifs is 1. The third-order valence-electron chi connectivity index (χ3n) is 8.09. The smallest absolute Gasteiger partial charge is 0.255 e. The Hall–Kier alpha value is -4.93. The number of carbonyl (C=O) groups excluding carboxylic acids is 1. The zero-order valence-electron chi connectivity index (χ0n) is 25.1. The van der Waals surface area contributed by atoms with Gasteiger partial charge in [-0.3, -0.25) is 4.79 Å². The number of hydrogen-bond acceptors (Lipinski definition) is 8. The molecule has 0 aliphatic carbocycles. The van der Waals surface area contributed by atoms with Crippen LogP contribution in [0.2, 0.25) is 0 Å². The first-order valence-corrected chi connectivity index (χ1v) is 14.6. The van der Waals surface area contributed by atoms with Gasteiger partial charge in [0.25, 0.3) is 5.91 Å². The standard InChI is InChI=1S/C34H36N6O4/c1-39-15-17-40(18-16-39)14-12-22-6-9-25(10-7-22)36-33(42)23-8-11-28-29(20-23)38-32(37-28)27-19-24(21-30(43-2)31(27)41)26-5-4-13-35-34(26)44-3/h4-11,13,19-21,41H,12,14-18H2,1-3H3,(H,36,42)(H,37,38). The second-order valence-electron chi connectivity index (χ2n) is 11.0. The van der Waals surface area contributed by atoms with E-state index in [4.69, 9.17) is 14.5 Å². The Labute approximate surface area is 256 Å². The van der Waals surface area contributed by atoms with Crippen LogP contribution in [-0.4, -0.2) is 89.8 Å². The number of nitrogens with one attached hydrogen (secondary N) is 2. The number of nitrogens with zero attached hydrogens (tertiary/aromatic N) is 4. The number of benzene rings is 3. The molecule has 10 heteroatoms. The summed E-state index contributed by atoms with van der Waals surface area (Å²) in [6.07, 6.45) is 2.64. The van der Waals surface area contributed by atoms with Crippen molar-refractivity contribution in [1.82, 2.24) is 24.8 Å². The van der Waals surface area contributed by atoms with Crippen molar-refractivity contribution in [2.24, 2.45) is 0 Å². The second kappa shape index (κ2) is 12.7. The van der Waals surface area contributed by atoms with E-state index < -0.39 is 0 Å². The van der Waals surface area contributed by atoms with Gasteiger partial charge in [-0.25, -0.2) is 9.97 Å². The van der Waals surface area contributed by atoms with Gasteiger partial charge >= 0.3 is 0 Å². The molecule has 0 radical (unpaired) electrons. The first kappa shape index (κ1) is 29.2. The van der Waals surface area contributed by atoms with Gasteiger partial charge in [-0.15, -0.1) is 0 Å². The van der Waals surface area contributed by atoms with Crippen molar-refractivity contribution in [3.05, 3.63) is 84.1 Å². The fourth-order valence-electron chi connectivity index (χ4n) is 5.47. The lowest BCUT2D eigenvalue weighted by molar-refractivity contribution is 0.102. The Morgan fingerprint density at radius 3 is 2.52 bits per heavy atom. The van der Waals surface area contributed by atoms with Gasteiger partial charge in [0.05, 0.1) is 30.8 Å². The van der Waals surface area contributed by atoms with E-state index >= 15 is 0 Å². The summed E-state index contributed by atoms with van der Waals surface area (Å²) in [7, 11) is 5.22. The molecule has 0 spiro atoms. The highest BCUT2D eigenvalue weighted by Gasteiger charge is 2.19. The van der Waals surface area contributed by atoms with Gasteiger partial charge in [-0.2, -0.15) is 0 Å². The first-order valence-electron chi connectivity index (χ1n) is 14.6. The number of piperazine rings is 1. The number of hydrogen-bond donors (Lipinski definition) is 3. The molecule has 0 saturated carbocycles. The molecule has 0 bridgehead atoms. The number of imidazole rings is 1. The summed E-state index contributed by atoms with van der Waals surface area (Å²) in [5, 5.41) is 14.0. The number of methoxy groups -OCH3 is 2. The number of rotatable bonds is 9. The third kappa shape index (κ3) is 6.22. The number of aromatic amines is 1. The molecule has 3 heterocycles. The minimum absolute atomic E-state index is 0.0527. The normalized spacial score (nSPS) is 14.1. The van der Waals surface area contributed by atoms with Gasteiger partial charge < -0.3 is 34.7 Å². The van der Waals surface area contributed by atoms with Crippen LogP contribution in [0.3, 0.4) is 0 Å². The Morgan fingerprint density at radius 1 is 0.977 bits per heavy atom. The van der Waals surface area contributed by atoms with Crippen LogP contribution in [0.5, 0.6) is 17.4 Å². The van der Waals surface area contributed by atoms with Gasteiger partial charge in [0, 0.05) is 55.7 Å². The Bertz CT molecular complexity index is 1780. The first-order chi connectivity index (χ1) is 21.4. The topological polar surface area (TPSA) is 116 Å². The van der Waals surface area contributed by atoms with E-state index in [0.29, 0.717) is 33.9 Å². The molecule has 226 valence electrons. The summed E-state index contributed by atoms with van der Waals surface area (Å²) in [5.74, 6) is 0.901. The summed E-state index contributed by atoms with van der Waals surface area (Å²) in [6, 6.07) is 20.6. The lowest BCUT2D eigenvalue weighted by atomic mass is 10.0. The molecule has 1 aliphatic heterocycles. The Kier molecular flexibility index (Phi) is 8.44. The predicted octanol–water partition coefficient (Wildman–Crippen LogP) is 5.06. The fourth-order valence-corrected chi connectivity index (χ4v) is 5.47. The predicted molar refractivity (Wildman–Crippen MR) is 172 cm³/mol. The number of anilines is 1. The van der Waals surface area contributed by atoms with Crippen LogP contribution < -0.4 is 14.8 Å². The maximum atomic E-state index is 13.1. The van der Waals surface area contributed by atoms with Crippen LogP contribution in [0.15, 0.2) is 72.9 Å². The van der Waals surface area contributed by atoms with Crippen molar-refractivity contribution in [1.29, 1.82) is 0 Å². The number of carbonyl (C=O) groups is 1. The molecular formula is C34H36N6O4. The average Bonchev–Trinajstić information content (AvgIpc) is 3.48. The van der Waals surface area contributed by atoms with Crippen LogP contribution >= 0.6 is 0 Å². The molecule has 6 rings (SSSR count). The van der Waals surface area contributed by atoms with E-state index in [2.05, 4.69) is 44.3 Å². The Balaban J connectivity index is 1.18. The second-order valence-corrected chi connectivity index (χ2v) is 11.0. The maximum absolute atomic E-state index is 13.1. The number of amides is 1. The van der Waals surface area contributed by atoms with Crippen molar-refractivity contribution >= 4 is 22.6 Å². The van der Waals surface area contributed by atoms with Gasteiger partial charge in [0.15, 0.2) is 11.5 Å². The molecule has 44 heavy (non-hydrogen) atoms. The molecule has 2 aromatic heterocycles. The number of aromatic nitrogens is 3. The molecule has 5 aromatic rings. The highest BCUT2D eigenvalue weighted by atomic mass is 16.5. The third-order valence-corrected chi connectivity index (χ3v) is 8.09. The van der Waals surface area contributed by atoms with E-state index in [1.165, 1.54) is 12.7 Å².